The van der Waals surface area contributed by atoms with Gasteiger partial charge in [0.15, 0.2) is 0 Å². The topological polar surface area (TPSA) is 115 Å². The second-order valence-corrected chi connectivity index (χ2v) is 10.3. The smallest absolute Gasteiger partial charge is 0.277 e. The lowest BCUT2D eigenvalue weighted by Crippen LogP contribution is -2.40. The van der Waals surface area contributed by atoms with Crippen LogP contribution in [0.25, 0.3) is 11.5 Å². The lowest BCUT2D eigenvalue weighted by molar-refractivity contribution is -0.118. The number of benzene rings is 2. The molecule has 1 amide bonds. The van der Waals surface area contributed by atoms with Gasteiger partial charge in [0.25, 0.3) is 5.22 Å². The molecule has 174 valence electrons. The molecule has 0 unspecified atom stereocenters. The van der Waals surface area contributed by atoms with Crippen LogP contribution in [0.4, 0.5) is 0 Å². The third kappa shape index (κ3) is 5.99. The third-order valence-corrected chi connectivity index (χ3v) is 7.75. The number of hydrogen-bond acceptors (Lipinski definition) is 8. The van der Waals surface area contributed by atoms with Crippen molar-refractivity contribution in [1.82, 2.24) is 19.8 Å². The molecule has 1 fully saturated rings. The number of rotatable bonds is 8. The van der Waals surface area contributed by atoms with E-state index in [1.165, 1.54) is 10.4 Å². The standard InChI is InChI=1S/C22H24N4O5S2/c1-16-5-7-17(8-6-16)14-23-20(27)15-32-22-25-24-21(31-22)18-3-2-4-19(13-18)33(28,29)26-9-11-30-12-10-26/h2-8,13H,9-12,14-15H2,1H3,(H,23,27). The fourth-order valence-electron chi connectivity index (χ4n) is 3.20. The number of aryl methyl sites for hydroxylation is 1. The lowest BCUT2D eigenvalue weighted by atomic mass is 10.1. The summed E-state index contributed by atoms with van der Waals surface area (Å²) in [7, 11) is -3.63. The molecular formula is C22H24N4O5S2. The molecule has 0 spiro atoms. The fourth-order valence-corrected chi connectivity index (χ4v) is 5.24. The monoisotopic (exact) mass is 488 g/mol. The van der Waals surface area contributed by atoms with Gasteiger partial charge in [-0.05, 0) is 30.7 Å². The van der Waals surface area contributed by atoms with Crippen LogP contribution in [0.2, 0.25) is 0 Å². The van der Waals surface area contributed by atoms with Gasteiger partial charge in [0.1, 0.15) is 0 Å². The van der Waals surface area contributed by atoms with E-state index < -0.39 is 10.0 Å². The van der Waals surface area contributed by atoms with E-state index in [9.17, 15) is 13.2 Å². The molecule has 1 aromatic heterocycles. The zero-order valence-electron chi connectivity index (χ0n) is 18.1. The molecule has 0 atom stereocenters. The molecule has 4 rings (SSSR count). The van der Waals surface area contributed by atoms with Crippen LogP contribution in [-0.2, 0) is 26.1 Å². The number of morpholine rings is 1. The summed E-state index contributed by atoms with van der Waals surface area (Å²) in [5, 5.41) is 11.1. The highest BCUT2D eigenvalue weighted by molar-refractivity contribution is 7.99. The summed E-state index contributed by atoms with van der Waals surface area (Å²) < 4.78 is 38.1. The van der Waals surface area contributed by atoms with Crippen LogP contribution in [0.1, 0.15) is 11.1 Å². The van der Waals surface area contributed by atoms with Gasteiger partial charge in [-0.3, -0.25) is 4.79 Å². The fraction of sp³-hybridized carbons (Fsp3) is 0.318. The Kier molecular flexibility index (Phi) is 7.43. The Morgan fingerprint density at radius 3 is 2.64 bits per heavy atom. The van der Waals surface area contributed by atoms with Crippen molar-refractivity contribution in [3.05, 3.63) is 59.7 Å². The first-order chi connectivity index (χ1) is 15.9. The number of carbonyl (C=O) groups is 1. The Hall–Kier alpha value is -2.73. The minimum absolute atomic E-state index is 0.124. The summed E-state index contributed by atoms with van der Waals surface area (Å²) in [6, 6.07) is 14.3. The Balaban J connectivity index is 1.35. The molecule has 1 aliphatic rings. The number of sulfonamides is 1. The average Bonchev–Trinajstić information content (AvgIpc) is 3.32. The maximum absolute atomic E-state index is 12.9. The quantitative estimate of drug-likeness (QED) is 0.481. The number of ether oxygens (including phenoxy) is 1. The number of carbonyl (C=O) groups excluding carboxylic acids is 1. The van der Waals surface area contributed by atoms with Crippen molar-refractivity contribution in [2.75, 3.05) is 32.1 Å². The van der Waals surface area contributed by atoms with Gasteiger partial charge < -0.3 is 14.5 Å². The van der Waals surface area contributed by atoms with Gasteiger partial charge in [-0.15, -0.1) is 10.2 Å². The molecule has 2 heterocycles. The van der Waals surface area contributed by atoms with Crippen LogP contribution in [-0.4, -0.2) is 60.9 Å². The van der Waals surface area contributed by atoms with E-state index in [-0.39, 0.29) is 27.7 Å². The molecular weight excluding hydrogens is 464 g/mol. The first-order valence-corrected chi connectivity index (χ1v) is 12.8. The van der Waals surface area contributed by atoms with Crippen LogP contribution in [0.5, 0.6) is 0 Å². The third-order valence-electron chi connectivity index (χ3n) is 5.03. The second kappa shape index (κ2) is 10.5. The van der Waals surface area contributed by atoms with E-state index >= 15 is 0 Å². The van der Waals surface area contributed by atoms with Crippen molar-refractivity contribution >= 4 is 27.7 Å². The average molecular weight is 489 g/mol. The maximum atomic E-state index is 12.9. The van der Waals surface area contributed by atoms with Gasteiger partial charge in [-0.1, -0.05) is 47.7 Å². The zero-order chi connectivity index (χ0) is 23.3. The van der Waals surface area contributed by atoms with Crippen LogP contribution in [0, 0.1) is 6.92 Å². The van der Waals surface area contributed by atoms with Gasteiger partial charge >= 0.3 is 0 Å². The van der Waals surface area contributed by atoms with E-state index in [0.29, 0.717) is 38.4 Å². The highest BCUT2D eigenvalue weighted by Gasteiger charge is 2.27. The van der Waals surface area contributed by atoms with Gasteiger partial charge in [-0.25, -0.2) is 8.42 Å². The van der Waals surface area contributed by atoms with Crippen LogP contribution < -0.4 is 5.32 Å². The summed E-state index contributed by atoms with van der Waals surface area (Å²) in [4.78, 5) is 12.3. The highest BCUT2D eigenvalue weighted by atomic mass is 32.2. The van der Waals surface area contributed by atoms with Crippen LogP contribution in [0.15, 0.2) is 63.1 Å². The molecule has 0 bridgehead atoms. The summed E-state index contributed by atoms with van der Waals surface area (Å²) in [5.74, 6) is 0.161. The number of thioether (sulfide) groups is 1. The molecule has 1 aliphatic heterocycles. The lowest BCUT2D eigenvalue weighted by Gasteiger charge is -2.26. The van der Waals surface area contributed by atoms with Gasteiger partial charge in [-0.2, -0.15) is 4.31 Å². The molecule has 33 heavy (non-hydrogen) atoms. The highest BCUT2D eigenvalue weighted by Crippen LogP contribution is 2.26. The minimum atomic E-state index is -3.63. The Morgan fingerprint density at radius 1 is 1.12 bits per heavy atom. The first-order valence-electron chi connectivity index (χ1n) is 10.4. The van der Waals surface area contributed by atoms with Crippen molar-refractivity contribution in [3.63, 3.8) is 0 Å². The van der Waals surface area contributed by atoms with Crippen molar-refractivity contribution < 1.29 is 22.4 Å². The molecule has 11 heteroatoms. The van der Waals surface area contributed by atoms with E-state index in [1.54, 1.807) is 18.2 Å². The number of amides is 1. The molecule has 0 radical (unpaired) electrons. The van der Waals surface area contributed by atoms with Crippen molar-refractivity contribution in [3.8, 4) is 11.5 Å². The number of aromatic nitrogens is 2. The zero-order valence-corrected chi connectivity index (χ0v) is 19.7. The SMILES string of the molecule is Cc1ccc(CNC(=O)CSc2nnc(-c3cccc(S(=O)(=O)N4CCOCC4)c3)o2)cc1. The van der Waals surface area contributed by atoms with E-state index in [4.69, 9.17) is 9.15 Å². The molecule has 0 aliphatic carbocycles. The minimum Gasteiger partial charge on any atom is -0.411 e. The molecule has 0 saturated carbocycles. The predicted octanol–water partition coefficient (Wildman–Crippen LogP) is 2.47. The maximum Gasteiger partial charge on any atom is 0.277 e. The van der Waals surface area contributed by atoms with E-state index in [1.807, 2.05) is 31.2 Å². The largest absolute Gasteiger partial charge is 0.411 e. The summed E-state index contributed by atoms with van der Waals surface area (Å²) in [5.41, 5.74) is 2.68. The number of nitrogens with zero attached hydrogens (tertiary/aromatic N) is 3. The van der Waals surface area contributed by atoms with E-state index in [0.717, 1.165) is 22.9 Å². The van der Waals surface area contributed by atoms with Crippen LogP contribution >= 0.6 is 11.8 Å². The summed E-state index contributed by atoms with van der Waals surface area (Å²) in [6.45, 7) is 3.85. The second-order valence-electron chi connectivity index (χ2n) is 7.47. The van der Waals surface area contributed by atoms with E-state index in [2.05, 4.69) is 15.5 Å². The Morgan fingerprint density at radius 2 is 1.88 bits per heavy atom. The molecule has 1 saturated heterocycles. The summed E-state index contributed by atoms with van der Waals surface area (Å²) >= 11 is 1.12. The van der Waals surface area contributed by atoms with Crippen LogP contribution in [0.3, 0.4) is 0 Å². The van der Waals surface area contributed by atoms with Gasteiger partial charge in [0.05, 0.1) is 23.9 Å². The summed E-state index contributed by atoms with van der Waals surface area (Å²) in [6.07, 6.45) is 0. The normalized spacial score (nSPS) is 14.8. The number of hydrogen-bond donors (Lipinski definition) is 1. The molecule has 1 N–H and O–H groups in total. The Labute approximate surface area is 196 Å². The van der Waals surface area contributed by atoms with Gasteiger partial charge in [0.2, 0.25) is 21.8 Å². The van der Waals surface area contributed by atoms with Gasteiger partial charge in [0, 0.05) is 25.2 Å². The predicted molar refractivity (Wildman–Crippen MR) is 123 cm³/mol. The number of nitrogens with one attached hydrogen (secondary N) is 1. The molecule has 9 nitrogen and oxygen atoms in total. The first kappa shape index (κ1) is 23.4. The van der Waals surface area contributed by atoms with Crippen molar-refractivity contribution in [2.24, 2.45) is 0 Å². The van der Waals surface area contributed by atoms with Crippen molar-refractivity contribution in [2.45, 2.75) is 23.6 Å². The van der Waals surface area contributed by atoms with Crippen molar-refractivity contribution in [1.29, 1.82) is 0 Å². The Bertz CT molecular complexity index is 1210. The molecule has 2 aromatic carbocycles. The molecule has 3 aromatic rings.